The van der Waals surface area contributed by atoms with E-state index in [9.17, 15) is 9.59 Å². The smallest absolute Gasteiger partial charge is 0.299 e. The van der Waals surface area contributed by atoms with Crippen LogP contribution in [0.2, 0.25) is 0 Å². The molecule has 0 bridgehead atoms. The Labute approximate surface area is 162 Å². The number of Topliss-reactive ketones (excluding diaryl/α,β-unsaturated/α-hetero) is 1. The van der Waals surface area contributed by atoms with Gasteiger partial charge in [-0.05, 0) is 47.7 Å². The molecule has 1 amide bonds. The van der Waals surface area contributed by atoms with Crippen LogP contribution in [0.15, 0.2) is 46.9 Å². The van der Waals surface area contributed by atoms with Gasteiger partial charge in [-0.1, -0.05) is 48.8 Å². The summed E-state index contributed by atoms with van der Waals surface area (Å²) in [6.45, 7) is 7.47. The van der Waals surface area contributed by atoms with E-state index >= 15 is 0 Å². The van der Waals surface area contributed by atoms with Crippen molar-refractivity contribution in [2.45, 2.75) is 32.6 Å². The number of carbonyl (C=O) groups is 2. The van der Waals surface area contributed by atoms with E-state index in [1.807, 2.05) is 18.2 Å². The van der Waals surface area contributed by atoms with E-state index in [-0.39, 0.29) is 5.41 Å². The minimum atomic E-state index is -0.465. The van der Waals surface area contributed by atoms with Gasteiger partial charge < -0.3 is 9.64 Å². The number of ketones is 1. The SMILES string of the molecule is CC(C)(C)c1ccc(OCCCN2C(=O)C(=O)c3cc(Br)ccc32)cc1. The zero-order chi connectivity index (χ0) is 18.9. The van der Waals surface area contributed by atoms with Crippen LogP contribution >= 0.6 is 15.9 Å². The van der Waals surface area contributed by atoms with Crippen LogP contribution in [-0.4, -0.2) is 24.8 Å². The second kappa shape index (κ2) is 7.23. The lowest BCUT2D eigenvalue weighted by atomic mass is 9.87. The highest BCUT2D eigenvalue weighted by molar-refractivity contribution is 9.10. The average molecular weight is 416 g/mol. The molecule has 0 unspecified atom stereocenters. The fourth-order valence-corrected chi connectivity index (χ4v) is 3.32. The standard InChI is InChI=1S/C21H22BrNO3/c1-21(2,3)14-5-8-16(9-6-14)26-12-4-11-23-18-10-7-15(22)13-17(18)19(24)20(23)25/h5-10,13H,4,11-12H2,1-3H3. The van der Waals surface area contributed by atoms with Crippen molar-refractivity contribution in [1.82, 2.24) is 0 Å². The molecular formula is C21H22BrNO3. The van der Waals surface area contributed by atoms with Gasteiger partial charge in [0.25, 0.3) is 11.7 Å². The Morgan fingerprint density at radius 1 is 1.04 bits per heavy atom. The van der Waals surface area contributed by atoms with Crippen molar-refractivity contribution >= 4 is 33.3 Å². The summed E-state index contributed by atoms with van der Waals surface area (Å²) in [5, 5.41) is 0. The minimum absolute atomic E-state index is 0.115. The Balaban J connectivity index is 1.56. The molecule has 3 rings (SSSR count). The summed E-state index contributed by atoms with van der Waals surface area (Å²) < 4.78 is 6.57. The predicted octanol–water partition coefficient (Wildman–Crippen LogP) is 4.75. The fourth-order valence-electron chi connectivity index (χ4n) is 2.96. The maximum absolute atomic E-state index is 12.2. The van der Waals surface area contributed by atoms with Crippen LogP contribution in [0.4, 0.5) is 5.69 Å². The molecule has 5 heteroatoms. The molecule has 2 aromatic rings. The number of fused-ring (bicyclic) bond motifs is 1. The number of ether oxygens (including phenoxy) is 1. The lowest BCUT2D eigenvalue weighted by Crippen LogP contribution is -2.31. The van der Waals surface area contributed by atoms with Gasteiger partial charge in [0.1, 0.15) is 5.75 Å². The maximum atomic E-state index is 12.2. The highest BCUT2D eigenvalue weighted by Crippen LogP contribution is 2.31. The van der Waals surface area contributed by atoms with E-state index in [0.29, 0.717) is 30.8 Å². The molecular weight excluding hydrogens is 394 g/mol. The van der Waals surface area contributed by atoms with Crippen LogP contribution in [0.1, 0.15) is 43.1 Å². The van der Waals surface area contributed by atoms with Gasteiger partial charge in [0, 0.05) is 11.0 Å². The van der Waals surface area contributed by atoms with Gasteiger partial charge in [0.2, 0.25) is 0 Å². The summed E-state index contributed by atoms with van der Waals surface area (Å²) in [6.07, 6.45) is 0.648. The first-order valence-corrected chi connectivity index (χ1v) is 9.46. The van der Waals surface area contributed by atoms with E-state index in [0.717, 1.165) is 10.2 Å². The Kier molecular flexibility index (Phi) is 5.19. The van der Waals surface area contributed by atoms with Gasteiger partial charge >= 0.3 is 0 Å². The summed E-state index contributed by atoms with van der Waals surface area (Å²) in [4.78, 5) is 25.8. The summed E-state index contributed by atoms with van der Waals surface area (Å²) in [6, 6.07) is 13.4. The molecule has 1 aliphatic rings. The first-order chi connectivity index (χ1) is 12.3. The molecule has 0 radical (unpaired) electrons. The molecule has 26 heavy (non-hydrogen) atoms. The zero-order valence-corrected chi connectivity index (χ0v) is 16.8. The average Bonchev–Trinajstić information content (AvgIpc) is 2.82. The third-order valence-corrected chi connectivity index (χ3v) is 4.94. The van der Waals surface area contributed by atoms with Crippen molar-refractivity contribution in [2.75, 3.05) is 18.1 Å². The molecule has 0 fully saturated rings. The number of carbonyl (C=O) groups excluding carboxylic acids is 2. The highest BCUT2D eigenvalue weighted by atomic mass is 79.9. The molecule has 0 saturated carbocycles. The first-order valence-electron chi connectivity index (χ1n) is 8.66. The number of amides is 1. The molecule has 0 N–H and O–H groups in total. The number of nitrogens with zero attached hydrogens (tertiary/aromatic N) is 1. The number of hydrogen-bond donors (Lipinski definition) is 0. The minimum Gasteiger partial charge on any atom is -0.494 e. The molecule has 0 aliphatic carbocycles. The first kappa shape index (κ1) is 18.6. The third-order valence-electron chi connectivity index (χ3n) is 4.45. The van der Waals surface area contributed by atoms with Crippen molar-refractivity contribution in [2.24, 2.45) is 0 Å². The van der Waals surface area contributed by atoms with Crippen molar-refractivity contribution in [3.05, 3.63) is 58.1 Å². The van der Waals surface area contributed by atoms with Gasteiger partial charge in [0.05, 0.1) is 17.9 Å². The summed E-state index contributed by atoms with van der Waals surface area (Å²) in [5.74, 6) is -0.0984. The normalized spacial score (nSPS) is 13.9. The molecule has 136 valence electrons. The van der Waals surface area contributed by atoms with Crippen molar-refractivity contribution in [3.63, 3.8) is 0 Å². The van der Waals surface area contributed by atoms with Crippen molar-refractivity contribution in [3.8, 4) is 5.75 Å². The topological polar surface area (TPSA) is 46.6 Å². The van der Waals surface area contributed by atoms with E-state index in [1.165, 1.54) is 10.5 Å². The lowest BCUT2D eigenvalue weighted by molar-refractivity contribution is -0.114. The third kappa shape index (κ3) is 3.83. The highest BCUT2D eigenvalue weighted by Gasteiger charge is 2.35. The summed E-state index contributed by atoms with van der Waals surface area (Å²) in [7, 11) is 0. The Morgan fingerprint density at radius 3 is 2.38 bits per heavy atom. The Hall–Kier alpha value is -2.14. The molecule has 2 aromatic carbocycles. The molecule has 0 saturated heterocycles. The largest absolute Gasteiger partial charge is 0.494 e. The predicted molar refractivity (Wildman–Crippen MR) is 106 cm³/mol. The fraction of sp³-hybridized carbons (Fsp3) is 0.333. The van der Waals surface area contributed by atoms with Crippen molar-refractivity contribution in [1.29, 1.82) is 0 Å². The van der Waals surface area contributed by atoms with Crippen LogP contribution in [0.3, 0.4) is 0 Å². The molecule has 1 aliphatic heterocycles. The van der Waals surface area contributed by atoms with Crippen LogP contribution in [0.5, 0.6) is 5.75 Å². The number of halogens is 1. The van der Waals surface area contributed by atoms with Crippen LogP contribution in [-0.2, 0) is 10.2 Å². The molecule has 1 heterocycles. The Bertz CT molecular complexity index is 837. The number of hydrogen-bond acceptors (Lipinski definition) is 3. The number of anilines is 1. The van der Waals surface area contributed by atoms with E-state index < -0.39 is 11.7 Å². The lowest BCUT2D eigenvalue weighted by Gasteiger charge is -2.19. The van der Waals surface area contributed by atoms with Gasteiger partial charge in [-0.2, -0.15) is 0 Å². The quantitative estimate of drug-likeness (QED) is 0.522. The zero-order valence-electron chi connectivity index (χ0n) is 15.2. The van der Waals surface area contributed by atoms with Crippen LogP contribution in [0.25, 0.3) is 0 Å². The second-order valence-electron chi connectivity index (χ2n) is 7.42. The molecule has 0 atom stereocenters. The molecule has 4 nitrogen and oxygen atoms in total. The van der Waals surface area contributed by atoms with Gasteiger partial charge in [-0.3, -0.25) is 9.59 Å². The maximum Gasteiger partial charge on any atom is 0.299 e. The van der Waals surface area contributed by atoms with Crippen molar-refractivity contribution < 1.29 is 14.3 Å². The monoisotopic (exact) mass is 415 g/mol. The Morgan fingerprint density at radius 2 is 1.73 bits per heavy atom. The van der Waals surface area contributed by atoms with Gasteiger partial charge in [-0.15, -0.1) is 0 Å². The number of benzene rings is 2. The van der Waals surface area contributed by atoms with Crippen LogP contribution < -0.4 is 9.64 Å². The van der Waals surface area contributed by atoms with Gasteiger partial charge in [0.15, 0.2) is 0 Å². The van der Waals surface area contributed by atoms with Crippen LogP contribution in [0, 0.1) is 0 Å². The summed E-state index contributed by atoms with van der Waals surface area (Å²) in [5.41, 5.74) is 2.51. The van der Waals surface area contributed by atoms with Gasteiger partial charge in [-0.25, -0.2) is 0 Å². The van der Waals surface area contributed by atoms with E-state index in [4.69, 9.17) is 4.74 Å². The summed E-state index contributed by atoms with van der Waals surface area (Å²) >= 11 is 3.34. The van der Waals surface area contributed by atoms with E-state index in [1.54, 1.807) is 12.1 Å². The number of rotatable bonds is 5. The molecule has 0 aromatic heterocycles. The second-order valence-corrected chi connectivity index (χ2v) is 8.34. The van der Waals surface area contributed by atoms with E-state index in [2.05, 4.69) is 48.8 Å². The molecule has 0 spiro atoms.